The molecule has 9 nitrogen and oxygen atoms in total. The van der Waals surface area contributed by atoms with Crippen molar-refractivity contribution in [1.29, 1.82) is 0 Å². The molecule has 0 radical (unpaired) electrons. The summed E-state index contributed by atoms with van der Waals surface area (Å²) in [6, 6.07) is 5.31. The first kappa shape index (κ1) is 22.2. The summed E-state index contributed by atoms with van der Waals surface area (Å²) < 4.78 is 9.95. The lowest BCUT2D eigenvalue weighted by Crippen LogP contribution is -2.62. The number of amides is 3. The highest BCUT2D eigenvalue weighted by Gasteiger charge is 2.36. The topological polar surface area (TPSA) is 105 Å². The molecule has 1 aromatic rings. The van der Waals surface area contributed by atoms with Crippen LogP contribution in [0.25, 0.3) is 0 Å². The molecule has 0 saturated carbocycles. The van der Waals surface area contributed by atoms with Crippen molar-refractivity contribution in [2.24, 2.45) is 0 Å². The summed E-state index contributed by atoms with van der Waals surface area (Å²) in [6.07, 6.45) is 0.214. The van der Waals surface area contributed by atoms with Crippen molar-refractivity contribution in [3.05, 3.63) is 29.8 Å². The van der Waals surface area contributed by atoms with Crippen LogP contribution in [0.1, 0.15) is 19.4 Å². The van der Waals surface area contributed by atoms with Gasteiger partial charge >= 0.3 is 5.97 Å². The molecule has 2 rings (SSSR count). The number of hydrogen-bond acceptors (Lipinski definition) is 6. The molecule has 1 fully saturated rings. The Kier molecular flexibility index (Phi) is 7.58. The number of rotatable bonds is 6. The van der Waals surface area contributed by atoms with Gasteiger partial charge in [-0.05, 0) is 17.7 Å². The molecular formula is C20H27N3O6. The molecule has 1 saturated heterocycles. The van der Waals surface area contributed by atoms with Gasteiger partial charge in [-0.2, -0.15) is 0 Å². The van der Waals surface area contributed by atoms with Gasteiger partial charge in [0, 0.05) is 33.4 Å². The Labute approximate surface area is 169 Å². The van der Waals surface area contributed by atoms with E-state index in [0.717, 1.165) is 5.56 Å². The zero-order valence-corrected chi connectivity index (χ0v) is 17.1. The summed E-state index contributed by atoms with van der Waals surface area (Å²) in [5.41, 5.74) is 0.805. The van der Waals surface area contributed by atoms with E-state index in [9.17, 15) is 19.2 Å². The highest BCUT2D eigenvalue weighted by atomic mass is 16.5. The third kappa shape index (κ3) is 5.69. The van der Waals surface area contributed by atoms with Crippen LogP contribution >= 0.6 is 0 Å². The van der Waals surface area contributed by atoms with E-state index in [4.69, 9.17) is 9.47 Å². The van der Waals surface area contributed by atoms with Crippen molar-refractivity contribution >= 4 is 23.7 Å². The van der Waals surface area contributed by atoms with Crippen LogP contribution in [0, 0.1) is 0 Å². The molecule has 1 aromatic carbocycles. The fourth-order valence-corrected chi connectivity index (χ4v) is 3.27. The number of ether oxygens (including phenoxy) is 2. The molecule has 0 spiro atoms. The Morgan fingerprint density at radius 2 is 1.72 bits per heavy atom. The monoisotopic (exact) mass is 405 g/mol. The summed E-state index contributed by atoms with van der Waals surface area (Å²) in [7, 11) is 2.80. The quantitative estimate of drug-likeness (QED) is 0.667. The zero-order chi connectivity index (χ0) is 21.6. The van der Waals surface area contributed by atoms with Gasteiger partial charge in [-0.25, -0.2) is 4.79 Å². The van der Waals surface area contributed by atoms with Crippen molar-refractivity contribution in [2.45, 2.75) is 32.4 Å². The lowest BCUT2D eigenvalue weighted by Gasteiger charge is -2.40. The van der Waals surface area contributed by atoms with E-state index in [0.29, 0.717) is 12.3 Å². The molecule has 0 aromatic heterocycles. The Balaban J connectivity index is 2.16. The summed E-state index contributed by atoms with van der Waals surface area (Å²) in [5, 5.41) is 2.68. The summed E-state index contributed by atoms with van der Waals surface area (Å²) in [6.45, 7) is 3.49. The van der Waals surface area contributed by atoms with Gasteiger partial charge in [-0.1, -0.05) is 12.1 Å². The lowest BCUT2D eigenvalue weighted by molar-refractivity contribution is -0.150. The molecule has 0 unspecified atom stereocenters. The fourth-order valence-electron chi connectivity index (χ4n) is 3.27. The normalized spacial score (nSPS) is 17.3. The van der Waals surface area contributed by atoms with Crippen LogP contribution in [-0.4, -0.2) is 79.4 Å². The number of carbonyl (C=O) groups excluding carboxylic acids is 4. The lowest BCUT2D eigenvalue weighted by atomic mass is 10.0. The largest absolute Gasteiger partial charge is 0.497 e. The highest BCUT2D eigenvalue weighted by molar-refractivity contribution is 5.91. The third-order valence-corrected chi connectivity index (χ3v) is 4.93. The fraction of sp³-hybridized carbons (Fsp3) is 0.500. The van der Waals surface area contributed by atoms with E-state index < -0.39 is 24.0 Å². The number of methoxy groups -OCH3 is 2. The predicted octanol–water partition coefficient (Wildman–Crippen LogP) is -0.0253. The first-order valence-electron chi connectivity index (χ1n) is 9.30. The Bertz CT molecular complexity index is 764. The molecule has 158 valence electrons. The third-order valence-electron chi connectivity index (χ3n) is 4.93. The summed E-state index contributed by atoms with van der Waals surface area (Å²) in [5.74, 6) is -0.860. The number of piperazine rings is 1. The predicted molar refractivity (Wildman–Crippen MR) is 104 cm³/mol. The second kappa shape index (κ2) is 9.90. The van der Waals surface area contributed by atoms with Gasteiger partial charge in [0.1, 0.15) is 17.8 Å². The maximum absolute atomic E-state index is 12.9. The van der Waals surface area contributed by atoms with Crippen LogP contribution in [0.3, 0.4) is 0 Å². The Hall–Kier alpha value is -3.10. The molecule has 29 heavy (non-hydrogen) atoms. The maximum Gasteiger partial charge on any atom is 0.328 e. The average Bonchev–Trinajstić information content (AvgIpc) is 2.72. The number of carbonyl (C=O) groups is 4. The van der Waals surface area contributed by atoms with Crippen molar-refractivity contribution in [3.63, 3.8) is 0 Å². The van der Waals surface area contributed by atoms with E-state index in [2.05, 4.69) is 5.32 Å². The first-order valence-corrected chi connectivity index (χ1v) is 9.30. The van der Waals surface area contributed by atoms with Crippen LogP contribution in [0.15, 0.2) is 24.3 Å². The van der Waals surface area contributed by atoms with E-state index in [1.807, 2.05) is 0 Å². The Morgan fingerprint density at radius 3 is 2.24 bits per heavy atom. The minimum absolute atomic E-state index is 0.0805. The van der Waals surface area contributed by atoms with Crippen LogP contribution in [0.2, 0.25) is 0 Å². The van der Waals surface area contributed by atoms with E-state index in [1.54, 1.807) is 31.4 Å². The van der Waals surface area contributed by atoms with Crippen molar-refractivity contribution in [3.8, 4) is 5.75 Å². The standard InChI is InChI=1S/C20H27N3O6/c1-13(24)22-9-10-23(14(2)25)18(12-22)19(26)21-17(20(27)29-4)11-15-5-7-16(28-3)8-6-15/h5-8,17-18H,9-12H2,1-4H3,(H,21,26)/t17-,18+/m0/s1. The van der Waals surface area contributed by atoms with Gasteiger partial charge in [0.25, 0.3) is 0 Å². The van der Waals surface area contributed by atoms with Gasteiger partial charge in [0.15, 0.2) is 0 Å². The van der Waals surface area contributed by atoms with Gasteiger partial charge in [0.2, 0.25) is 17.7 Å². The number of nitrogens with zero attached hydrogens (tertiary/aromatic N) is 2. The highest BCUT2D eigenvalue weighted by Crippen LogP contribution is 2.15. The van der Waals surface area contributed by atoms with Crippen molar-refractivity contribution in [1.82, 2.24) is 15.1 Å². The SMILES string of the molecule is COC(=O)[C@H](Cc1ccc(OC)cc1)NC(=O)[C@H]1CN(C(C)=O)CCN1C(C)=O. The second-order valence-corrected chi connectivity index (χ2v) is 6.83. The summed E-state index contributed by atoms with van der Waals surface area (Å²) in [4.78, 5) is 51.8. The van der Waals surface area contributed by atoms with Crippen LogP contribution in [0.4, 0.5) is 0 Å². The zero-order valence-electron chi connectivity index (χ0n) is 17.1. The molecule has 9 heteroatoms. The van der Waals surface area contributed by atoms with E-state index in [-0.39, 0.29) is 31.3 Å². The number of benzene rings is 1. The van der Waals surface area contributed by atoms with Gasteiger partial charge in [-0.15, -0.1) is 0 Å². The number of nitrogens with one attached hydrogen (secondary N) is 1. The molecule has 1 aliphatic heterocycles. The minimum Gasteiger partial charge on any atom is -0.497 e. The Morgan fingerprint density at radius 1 is 1.07 bits per heavy atom. The summed E-state index contributed by atoms with van der Waals surface area (Å²) >= 11 is 0. The second-order valence-electron chi connectivity index (χ2n) is 6.83. The number of esters is 1. The van der Waals surface area contributed by atoms with Gasteiger partial charge in [0.05, 0.1) is 20.8 Å². The minimum atomic E-state index is -0.928. The molecule has 0 bridgehead atoms. The molecular weight excluding hydrogens is 378 g/mol. The van der Waals surface area contributed by atoms with Gasteiger partial charge < -0.3 is 24.6 Å². The van der Waals surface area contributed by atoms with Crippen molar-refractivity contribution in [2.75, 3.05) is 33.9 Å². The van der Waals surface area contributed by atoms with Crippen LogP contribution in [-0.2, 0) is 30.3 Å². The smallest absolute Gasteiger partial charge is 0.328 e. The molecule has 1 N–H and O–H groups in total. The molecule has 1 heterocycles. The maximum atomic E-state index is 12.9. The van der Waals surface area contributed by atoms with Crippen molar-refractivity contribution < 1.29 is 28.7 Å². The number of hydrogen-bond donors (Lipinski definition) is 1. The van der Waals surface area contributed by atoms with Crippen LogP contribution < -0.4 is 10.1 Å². The molecule has 1 aliphatic rings. The van der Waals surface area contributed by atoms with Crippen LogP contribution in [0.5, 0.6) is 5.75 Å². The average molecular weight is 405 g/mol. The first-order chi connectivity index (χ1) is 13.8. The molecule has 2 atom stereocenters. The van der Waals surface area contributed by atoms with E-state index in [1.165, 1.54) is 30.8 Å². The van der Waals surface area contributed by atoms with E-state index >= 15 is 0 Å². The molecule has 0 aliphatic carbocycles. The molecule has 3 amide bonds. The van der Waals surface area contributed by atoms with Gasteiger partial charge in [-0.3, -0.25) is 14.4 Å².